The fraction of sp³-hybridized carbons (Fsp3) is 0.500. The zero-order chi connectivity index (χ0) is 13.0. The van der Waals surface area contributed by atoms with Crippen molar-refractivity contribution in [1.29, 1.82) is 0 Å². The third kappa shape index (κ3) is 1.61. The fourth-order valence-electron chi connectivity index (χ4n) is 2.86. The Labute approximate surface area is 102 Å². The molecule has 0 spiro atoms. The second-order valence-electron chi connectivity index (χ2n) is 5.55. The lowest BCUT2D eigenvalue weighted by molar-refractivity contribution is -0.116. The van der Waals surface area contributed by atoms with E-state index in [0.717, 1.165) is 22.4 Å². The first-order valence-electron chi connectivity index (χ1n) is 5.87. The van der Waals surface area contributed by atoms with Crippen LogP contribution in [0.5, 0.6) is 5.75 Å². The molecule has 0 aromatic heterocycles. The van der Waals surface area contributed by atoms with Crippen LogP contribution in [0.1, 0.15) is 37.5 Å². The maximum atomic E-state index is 11.7. The molecule has 1 aromatic rings. The number of amides is 1. The molecule has 0 atom stereocenters. The zero-order valence-corrected chi connectivity index (χ0v) is 11.1. The van der Waals surface area contributed by atoms with E-state index in [0.29, 0.717) is 12.3 Å². The number of hydrogen-bond donors (Lipinski definition) is 1. The normalized spacial score (nSPS) is 17.1. The number of phenols is 1. The summed E-state index contributed by atoms with van der Waals surface area (Å²) >= 11 is 0. The summed E-state index contributed by atoms with van der Waals surface area (Å²) in [5, 5.41) is 10.0. The van der Waals surface area contributed by atoms with Crippen molar-refractivity contribution in [3.05, 3.63) is 22.8 Å². The molecular weight excluding hydrogens is 214 g/mol. The van der Waals surface area contributed by atoms with Gasteiger partial charge < -0.3 is 10.0 Å². The monoisotopic (exact) mass is 233 g/mol. The van der Waals surface area contributed by atoms with Gasteiger partial charge in [0.25, 0.3) is 0 Å². The Morgan fingerprint density at radius 2 is 2.00 bits per heavy atom. The zero-order valence-electron chi connectivity index (χ0n) is 11.1. The van der Waals surface area contributed by atoms with Crippen LogP contribution in [0.2, 0.25) is 0 Å². The Balaban J connectivity index is 2.74. The second kappa shape index (κ2) is 3.49. The molecule has 0 fully saturated rings. The van der Waals surface area contributed by atoms with Gasteiger partial charge in [-0.1, -0.05) is 13.8 Å². The number of nitrogens with zero attached hydrogens (tertiary/aromatic N) is 1. The van der Waals surface area contributed by atoms with E-state index in [9.17, 15) is 9.90 Å². The van der Waals surface area contributed by atoms with Crippen LogP contribution in [-0.4, -0.2) is 17.6 Å². The molecule has 3 nitrogen and oxygen atoms in total. The summed E-state index contributed by atoms with van der Waals surface area (Å²) < 4.78 is 0. The van der Waals surface area contributed by atoms with Crippen LogP contribution in [-0.2, 0) is 10.2 Å². The average Bonchev–Trinajstić information content (AvgIpc) is 2.47. The number of aromatic hydroxyl groups is 1. The molecule has 2 rings (SSSR count). The van der Waals surface area contributed by atoms with E-state index in [-0.39, 0.29) is 11.3 Å². The summed E-state index contributed by atoms with van der Waals surface area (Å²) in [6.45, 7) is 10.3. The van der Waals surface area contributed by atoms with E-state index in [1.54, 1.807) is 11.8 Å². The molecule has 1 aliphatic heterocycles. The number of carbonyl (C=O) groups is 1. The van der Waals surface area contributed by atoms with Crippen molar-refractivity contribution in [2.45, 2.75) is 40.0 Å². The van der Waals surface area contributed by atoms with Crippen molar-refractivity contribution in [2.24, 2.45) is 0 Å². The lowest BCUT2D eigenvalue weighted by Crippen LogP contribution is -2.32. The van der Waals surface area contributed by atoms with Crippen LogP contribution in [0.3, 0.4) is 0 Å². The minimum absolute atomic E-state index is 0.0568. The Morgan fingerprint density at radius 1 is 1.41 bits per heavy atom. The van der Waals surface area contributed by atoms with Crippen LogP contribution in [0.15, 0.2) is 6.07 Å². The van der Waals surface area contributed by atoms with Crippen molar-refractivity contribution in [2.75, 3.05) is 11.4 Å². The Bertz CT molecular complexity index is 503. The Morgan fingerprint density at radius 3 is 2.53 bits per heavy atom. The van der Waals surface area contributed by atoms with E-state index in [2.05, 4.69) is 13.8 Å². The summed E-state index contributed by atoms with van der Waals surface area (Å²) in [7, 11) is 0. The average molecular weight is 233 g/mol. The van der Waals surface area contributed by atoms with Crippen LogP contribution in [0, 0.1) is 13.8 Å². The van der Waals surface area contributed by atoms with Gasteiger partial charge in [-0.3, -0.25) is 4.79 Å². The van der Waals surface area contributed by atoms with E-state index < -0.39 is 0 Å². The van der Waals surface area contributed by atoms with Gasteiger partial charge in [0.15, 0.2) is 0 Å². The molecule has 1 amide bonds. The first kappa shape index (κ1) is 12.0. The van der Waals surface area contributed by atoms with Gasteiger partial charge in [-0.15, -0.1) is 0 Å². The third-order valence-electron chi connectivity index (χ3n) is 3.61. The molecule has 0 saturated heterocycles. The molecule has 0 saturated carbocycles. The van der Waals surface area contributed by atoms with E-state index in [1.807, 2.05) is 19.9 Å². The molecule has 1 aliphatic rings. The van der Waals surface area contributed by atoms with Crippen LogP contribution in [0.4, 0.5) is 5.69 Å². The fourth-order valence-corrected chi connectivity index (χ4v) is 2.86. The Kier molecular flexibility index (Phi) is 2.45. The molecule has 92 valence electrons. The topological polar surface area (TPSA) is 40.5 Å². The molecule has 1 aromatic carbocycles. The quantitative estimate of drug-likeness (QED) is 0.748. The molecule has 0 unspecified atom stereocenters. The maximum Gasteiger partial charge on any atom is 0.223 e. The molecule has 0 aliphatic carbocycles. The first-order valence-corrected chi connectivity index (χ1v) is 5.87. The molecule has 0 bridgehead atoms. The van der Waals surface area contributed by atoms with Gasteiger partial charge in [-0.25, -0.2) is 0 Å². The van der Waals surface area contributed by atoms with E-state index in [4.69, 9.17) is 0 Å². The lowest BCUT2D eigenvalue weighted by atomic mass is 9.83. The number of rotatable bonds is 0. The van der Waals surface area contributed by atoms with Crippen molar-refractivity contribution >= 4 is 11.6 Å². The number of aryl methyl sites for hydroxylation is 1. The minimum Gasteiger partial charge on any atom is -0.507 e. The highest BCUT2D eigenvalue weighted by molar-refractivity contribution is 5.95. The molecule has 3 heteroatoms. The largest absolute Gasteiger partial charge is 0.507 e. The van der Waals surface area contributed by atoms with Gasteiger partial charge in [-0.05, 0) is 36.6 Å². The van der Waals surface area contributed by atoms with Gasteiger partial charge in [0.1, 0.15) is 5.75 Å². The van der Waals surface area contributed by atoms with Gasteiger partial charge in [0.2, 0.25) is 5.91 Å². The third-order valence-corrected chi connectivity index (χ3v) is 3.61. The van der Waals surface area contributed by atoms with Gasteiger partial charge in [0, 0.05) is 24.6 Å². The standard InChI is InChI=1S/C14H19NO2/c1-8-6-11-12(9(2)13(8)17)14(4,5)7-15(11)10(3)16/h6,17H,7H2,1-5H3. The number of fused-ring (bicyclic) bond motifs is 1. The second-order valence-corrected chi connectivity index (χ2v) is 5.55. The molecule has 1 N–H and O–H groups in total. The lowest BCUT2D eigenvalue weighted by Gasteiger charge is -2.20. The van der Waals surface area contributed by atoms with E-state index >= 15 is 0 Å². The van der Waals surface area contributed by atoms with Gasteiger partial charge in [0.05, 0.1) is 0 Å². The molecular formula is C14H19NO2. The van der Waals surface area contributed by atoms with Crippen LogP contribution in [0.25, 0.3) is 0 Å². The highest BCUT2D eigenvalue weighted by Crippen LogP contribution is 2.46. The number of hydrogen-bond acceptors (Lipinski definition) is 2. The first-order chi connectivity index (χ1) is 7.75. The predicted octanol–water partition coefficient (Wildman–Crippen LogP) is 2.65. The predicted molar refractivity (Wildman–Crippen MR) is 68.6 cm³/mol. The molecule has 1 heterocycles. The summed E-state index contributed by atoms with van der Waals surface area (Å²) in [5.74, 6) is 0.406. The number of phenolic OH excluding ortho intramolecular Hbond substituents is 1. The van der Waals surface area contributed by atoms with Gasteiger partial charge >= 0.3 is 0 Å². The van der Waals surface area contributed by atoms with Crippen molar-refractivity contribution in [3.8, 4) is 5.75 Å². The van der Waals surface area contributed by atoms with Gasteiger partial charge in [-0.2, -0.15) is 0 Å². The summed E-state index contributed by atoms with van der Waals surface area (Å²) in [4.78, 5) is 13.5. The summed E-state index contributed by atoms with van der Waals surface area (Å²) in [5.41, 5.74) is 3.67. The van der Waals surface area contributed by atoms with Crippen molar-refractivity contribution in [3.63, 3.8) is 0 Å². The van der Waals surface area contributed by atoms with Crippen molar-refractivity contribution < 1.29 is 9.90 Å². The molecule has 17 heavy (non-hydrogen) atoms. The number of carbonyl (C=O) groups excluding carboxylic acids is 1. The smallest absolute Gasteiger partial charge is 0.223 e. The van der Waals surface area contributed by atoms with Crippen molar-refractivity contribution in [1.82, 2.24) is 0 Å². The maximum absolute atomic E-state index is 11.7. The number of benzene rings is 1. The van der Waals surface area contributed by atoms with Crippen LogP contribution < -0.4 is 4.90 Å². The van der Waals surface area contributed by atoms with Crippen LogP contribution >= 0.6 is 0 Å². The summed E-state index contributed by atoms with van der Waals surface area (Å²) in [6.07, 6.45) is 0. The Hall–Kier alpha value is -1.51. The highest BCUT2D eigenvalue weighted by Gasteiger charge is 2.39. The molecule has 0 radical (unpaired) electrons. The SMILES string of the molecule is CC(=O)N1CC(C)(C)c2c1cc(C)c(O)c2C. The highest BCUT2D eigenvalue weighted by atomic mass is 16.3. The van der Waals surface area contributed by atoms with E-state index in [1.165, 1.54) is 0 Å². The number of anilines is 1. The minimum atomic E-state index is -0.101. The summed E-state index contributed by atoms with van der Waals surface area (Å²) in [6, 6.07) is 1.91.